The van der Waals surface area contributed by atoms with Gasteiger partial charge in [-0.25, -0.2) is 0 Å². The van der Waals surface area contributed by atoms with Gasteiger partial charge in [0.1, 0.15) is 5.75 Å². The lowest BCUT2D eigenvalue weighted by molar-refractivity contribution is -0.112. The quantitative estimate of drug-likeness (QED) is 0.556. The zero-order valence-electron chi connectivity index (χ0n) is 8.97. The lowest BCUT2D eigenvalue weighted by atomic mass is 10.2. The molecule has 0 unspecified atom stereocenters. The highest BCUT2D eigenvalue weighted by Gasteiger charge is 2.21. The monoisotopic (exact) mass is 257 g/mol. The number of amides is 1. The van der Waals surface area contributed by atoms with Gasteiger partial charge in [0.05, 0.1) is 5.69 Å². The lowest BCUT2D eigenvalue weighted by Gasteiger charge is -2.10. The summed E-state index contributed by atoms with van der Waals surface area (Å²) in [6.07, 6.45) is 0. The summed E-state index contributed by atoms with van der Waals surface area (Å²) in [5, 5.41) is 11.6. The first-order chi connectivity index (χ1) is 7.73. The molecule has 0 heterocycles. The standard InChI is InChI=1S/C10H11NO5S/c1-6(2)10(13)11-7-4-3-5-8(12)9(7)17(14,15)16/h3-5,12H,1H2,2H3,(H,11,13)(H,14,15,16). The van der Waals surface area contributed by atoms with Gasteiger partial charge in [0, 0.05) is 5.57 Å². The van der Waals surface area contributed by atoms with E-state index >= 15 is 0 Å². The van der Waals surface area contributed by atoms with Gasteiger partial charge >= 0.3 is 0 Å². The number of aromatic hydroxyl groups is 1. The van der Waals surface area contributed by atoms with Gasteiger partial charge in [-0.15, -0.1) is 0 Å². The van der Waals surface area contributed by atoms with E-state index < -0.39 is 26.7 Å². The highest BCUT2D eigenvalue weighted by atomic mass is 32.2. The van der Waals surface area contributed by atoms with Crippen molar-refractivity contribution >= 4 is 21.7 Å². The molecule has 0 aliphatic heterocycles. The van der Waals surface area contributed by atoms with Gasteiger partial charge < -0.3 is 10.4 Å². The van der Waals surface area contributed by atoms with Gasteiger partial charge in [0.25, 0.3) is 16.0 Å². The minimum atomic E-state index is -4.63. The summed E-state index contributed by atoms with van der Waals surface area (Å²) >= 11 is 0. The molecule has 0 radical (unpaired) electrons. The van der Waals surface area contributed by atoms with E-state index in [1.165, 1.54) is 19.1 Å². The molecule has 0 fully saturated rings. The maximum Gasteiger partial charge on any atom is 0.300 e. The summed E-state index contributed by atoms with van der Waals surface area (Å²) in [7, 11) is -4.63. The van der Waals surface area contributed by atoms with E-state index in [4.69, 9.17) is 4.55 Å². The number of phenols is 1. The van der Waals surface area contributed by atoms with Crippen molar-refractivity contribution in [2.75, 3.05) is 5.32 Å². The molecular weight excluding hydrogens is 246 g/mol. The summed E-state index contributed by atoms with van der Waals surface area (Å²) in [5.41, 5.74) is -0.0462. The Morgan fingerprint density at radius 3 is 2.47 bits per heavy atom. The van der Waals surface area contributed by atoms with Crippen LogP contribution in [0.3, 0.4) is 0 Å². The highest BCUT2D eigenvalue weighted by Crippen LogP contribution is 2.30. The first-order valence-electron chi connectivity index (χ1n) is 4.50. The molecule has 0 aromatic heterocycles. The average molecular weight is 257 g/mol. The van der Waals surface area contributed by atoms with Crippen molar-refractivity contribution in [3.05, 3.63) is 30.4 Å². The number of anilines is 1. The van der Waals surface area contributed by atoms with E-state index in [0.29, 0.717) is 0 Å². The summed E-state index contributed by atoms with van der Waals surface area (Å²) in [6, 6.07) is 3.65. The van der Waals surface area contributed by atoms with Gasteiger partial charge in [-0.2, -0.15) is 8.42 Å². The van der Waals surface area contributed by atoms with Crippen molar-refractivity contribution < 1.29 is 22.9 Å². The van der Waals surface area contributed by atoms with Crippen molar-refractivity contribution in [2.45, 2.75) is 11.8 Å². The van der Waals surface area contributed by atoms with Crippen LogP contribution in [-0.4, -0.2) is 24.0 Å². The van der Waals surface area contributed by atoms with Crippen LogP contribution in [-0.2, 0) is 14.9 Å². The predicted octanol–water partition coefficient (Wildman–Crippen LogP) is 1.15. The number of hydrogen-bond acceptors (Lipinski definition) is 4. The Kier molecular flexibility index (Phi) is 3.54. The molecule has 0 aliphatic rings. The second-order valence-electron chi connectivity index (χ2n) is 3.36. The lowest BCUT2D eigenvalue weighted by Crippen LogP contribution is -2.14. The Labute approximate surface area is 98.3 Å². The largest absolute Gasteiger partial charge is 0.506 e. The molecule has 6 nitrogen and oxygen atoms in total. The van der Waals surface area contributed by atoms with Crippen molar-refractivity contribution in [1.82, 2.24) is 0 Å². The smallest absolute Gasteiger partial charge is 0.300 e. The third kappa shape index (κ3) is 3.05. The molecule has 17 heavy (non-hydrogen) atoms. The van der Waals surface area contributed by atoms with E-state index in [9.17, 15) is 18.3 Å². The van der Waals surface area contributed by atoms with Gasteiger partial charge in [-0.1, -0.05) is 12.6 Å². The SMILES string of the molecule is C=C(C)C(=O)Nc1cccc(O)c1S(=O)(=O)O. The number of benzene rings is 1. The second-order valence-corrected chi connectivity index (χ2v) is 4.72. The van der Waals surface area contributed by atoms with Crippen LogP contribution in [0.15, 0.2) is 35.2 Å². The van der Waals surface area contributed by atoms with Crippen molar-refractivity contribution in [1.29, 1.82) is 0 Å². The molecule has 0 saturated carbocycles. The van der Waals surface area contributed by atoms with Crippen LogP contribution < -0.4 is 5.32 Å². The third-order valence-corrected chi connectivity index (χ3v) is 2.83. The van der Waals surface area contributed by atoms with Crippen LogP contribution in [0.5, 0.6) is 5.75 Å². The zero-order chi connectivity index (χ0) is 13.2. The molecule has 1 aromatic rings. The fourth-order valence-corrected chi connectivity index (χ4v) is 1.85. The minimum absolute atomic E-state index is 0.162. The average Bonchev–Trinajstić information content (AvgIpc) is 2.15. The highest BCUT2D eigenvalue weighted by molar-refractivity contribution is 7.86. The summed E-state index contributed by atoms with van der Waals surface area (Å²) in [4.78, 5) is 10.6. The number of carbonyl (C=O) groups excluding carboxylic acids is 1. The minimum Gasteiger partial charge on any atom is -0.506 e. The topological polar surface area (TPSA) is 104 Å². The Hall–Kier alpha value is -1.86. The van der Waals surface area contributed by atoms with E-state index in [1.807, 2.05) is 0 Å². The summed E-state index contributed by atoms with van der Waals surface area (Å²) < 4.78 is 31.0. The molecule has 0 bridgehead atoms. The van der Waals surface area contributed by atoms with Crippen LogP contribution in [0.4, 0.5) is 5.69 Å². The van der Waals surface area contributed by atoms with Crippen molar-refractivity contribution in [2.24, 2.45) is 0 Å². The summed E-state index contributed by atoms with van der Waals surface area (Å²) in [5.74, 6) is -1.26. The van der Waals surface area contributed by atoms with Gasteiger partial charge in [-0.05, 0) is 19.1 Å². The van der Waals surface area contributed by atoms with Crippen LogP contribution in [0, 0.1) is 0 Å². The van der Waals surface area contributed by atoms with E-state index in [1.54, 1.807) is 0 Å². The van der Waals surface area contributed by atoms with Crippen LogP contribution >= 0.6 is 0 Å². The van der Waals surface area contributed by atoms with E-state index in [0.717, 1.165) is 6.07 Å². The fourth-order valence-electron chi connectivity index (χ4n) is 1.12. The molecule has 0 spiro atoms. The molecule has 7 heteroatoms. The predicted molar refractivity (Wildman–Crippen MR) is 61.4 cm³/mol. The maximum atomic E-state index is 11.3. The van der Waals surface area contributed by atoms with Crippen LogP contribution in [0.25, 0.3) is 0 Å². The van der Waals surface area contributed by atoms with Crippen LogP contribution in [0.2, 0.25) is 0 Å². The summed E-state index contributed by atoms with van der Waals surface area (Å²) in [6.45, 7) is 4.81. The molecular formula is C10H11NO5S. The van der Waals surface area contributed by atoms with Crippen molar-refractivity contribution in [3.8, 4) is 5.75 Å². The number of carbonyl (C=O) groups is 1. The number of rotatable bonds is 3. The number of hydrogen-bond donors (Lipinski definition) is 3. The molecule has 1 rings (SSSR count). The molecule has 1 amide bonds. The zero-order valence-corrected chi connectivity index (χ0v) is 9.78. The molecule has 0 saturated heterocycles. The molecule has 3 N–H and O–H groups in total. The van der Waals surface area contributed by atoms with Gasteiger partial charge in [0.2, 0.25) is 0 Å². The number of nitrogens with one attached hydrogen (secondary N) is 1. The van der Waals surface area contributed by atoms with Crippen LogP contribution in [0.1, 0.15) is 6.92 Å². The molecule has 1 aromatic carbocycles. The van der Waals surface area contributed by atoms with E-state index in [-0.39, 0.29) is 11.3 Å². The Morgan fingerprint density at radius 2 is 2.00 bits per heavy atom. The molecule has 0 atom stereocenters. The van der Waals surface area contributed by atoms with E-state index in [2.05, 4.69) is 11.9 Å². The number of phenolic OH excluding ortho intramolecular Hbond substituents is 1. The van der Waals surface area contributed by atoms with Gasteiger partial charge in [-0.3, -0.25) is 9.35 Å². The van der Waals surface area contributed by atoms with Gasteiger partial charge in [0.15, 0.2) is 4.90 Å². The Balaban J connectivity index is 3.31. The maximum absolute atomic E-state index is 11.3. The normalized spacial score (nSPS) is 10.9. The first-order valence-corrected chi connectivity index (χ1v) is 5.94. The second kappa shape index (κ2) is 4.56. The molecule has 0 aliphatic carbocycles. The Morgan fingerprint density at radius 1 is 1.41 bits per heavy atom. The third-order valence-electron chi connectivity index (χ3n) is 1.89. The molecule has 92 valence electrons. The fraction of sp³-hybridized carbons (Fsp3) is 0.100. The van der Waals surface area contributed by atoms with Crippen molar-refractivity contribution in [3.63, 3.8) is 0 Å². The first kappa shape index (κ1) is 13.2. The Bertz CT molecular complexity index is 576.